The average Bonchev–Trinajstić information content (AvgIpc) is 2.59. The first-order chi connectivity index (χ1) is 9.52. The zero-order valence-corrected chi connectivity index (χ0v) is 13.1. The number of hydrogen-bond acceptors (Lipinski definition) is 3. The fourth-order valence-corrected chi connectivity index (χ4v) is 2.54. The first-order valence-corrected chi connectivity index (χ1v) is 6.90. The highest BCUT2D eigenvalue weighted by Gasteiger charge is 2.42. The Kier molecular flexibility index (Phi) is 3.48. The van der Waals surface area contributed by atoms with Gasteiger partial charge in [0.05, 0.1) is 17.6 Å². The Bertz CT molecular complexity index is 599. The van der Waals surface area contributed by atoms with Gasteiger partial charge in [0.1, 0.15) is 5.60 Å². The Hall–Kier alpha value is -2.04. The smallest absolute Gasteiger partial charge is 0.411 e. The third kappa shape index (κ3) is 2.86. The van der Waals surface area contributed by atoms with Gasteiger partial charge in [-0.25, -0.2) is 9.59 Å². The van der Waals surface area contributed by atoms with Gasteiger partial charge in [-0.3, -0.25) is 4.90 Å². The number of ether oxygens (including phenoxy) is 1. The largest absolute Gasteiger partial charge is 0.478 e. The second kappa shape index (κ2) is 4.76. The van der Waals surface area contributed by atoms with Crippen LogP contribution in [0.5, 0.6) is 0 Å². The summed E-state index contributed by atoms with van der Waals surface area (Å²) in [6.45, 7) is 9.69. The molecule has 1 aromatic rings. The van der Waals surface area contributed by atoms with E-state index in [4.69, 9.17) is 9.84 Å². The van der Waals surface area contributed by atoms with Gasteiger partial charge < -0.3 is 9.84 Å². The molecule has 0 aromatic heterocycles. The van der Waals surface area contributed by atoms with Gasteiger partial charge in [0.25, 0.3) is 0 Å². The maximum atomic E-state index is 12.4. The van der Waals surface area contributed by atoms with E-state index >= 15 is 0 Å². The zero-order chi connectivity index (χ0) is 16.0. The number of fused-ring (bicyclic) bond motifs is 1. The van der Waals surface area contributed by atoms with Crippen LogP contribution in [0.3, 0.4) is 0 Å². The lowest BCUT2D eigenvalue weighted by Gasteiger charge is -2.34. The predicted molar refractivity (Wildman–Crippen MR) is 78.2 cm³/mol. The molecule has 0 radical (unpaired) electrons. The molecule has 1 aliphatic rings. The molecule has 0 saturated carbocycles. The van der Waals surface area contributed by atoms with Crippen LogP contribution in [0.1, 0.15) is 56.1 Å². The summed E-state index contributed by atoms with van der Waals surface area (Å²) in [7, 11) is 0. The van der Waals surface area contributed by atoms with Crippen molar-refractivity contribution in [2.45, 2.75) is 52.3 Å². The third-order valence-electron chi connectivity index (χ3n) is 3.63. The van der Waals surface area contributed by atoms with Crippen LogP contribution in [0.2, 0.25) is 0 Å². The third-order valence-corrected chi connectivity index (χ3v) is 3.63. The lowest BCUT2D eigenvalue weighted by atomic mass is 9.92. The summed E-state index contributed by atoms with van der Waals surface area (Å²) in [6.07, 6.45) is -0.388. The van der Waals surface area contributed by atoms with E-state index in [1.165, 1.54) is 0 Å². The Labute approximate surface area is 124 Å². The number of carboxylic acid groups (broad SMARTS) is 1. The molecule has 1 aromatic carbocycles. The van der Waals surface area contributed by atoms with Crippen molar-refractivity contribution in [1.82, 2.24) is 4.90 Å². The number of carbonyl (C=O) groups excluding carboxylic acids is 1. The molecule has 114 valence electrons. The monoisotopic (exact) mass is 291 g/mol. The molecule has 0 unspecified atom stereocenters. The van der Waals surface area contributed by atoms with Crippen LogP contribution in [0.4, 0.5) is 4.79 Å². The van der Waals surface area contributed by atoms with E-state index < -0.39 is 17.1 Å². The van der Waals surface area contributed by atoms with Gasteiger partial charge in [-0.05, 0) is 57.9 Å². The topological polar surface area (TPSA) is 66.8 Å². The molecule has 0 saturated heterocycles. The Morgan fingerprint density at radius 2 is 1.90 bits per heavy atom. The van der Waals surface area contributed by atoms with E-state index in [0.29, 0.717) is 6.54 Å². The van der Waals surface area contributed by atoms with Crippen molar-refractivity contribution < 1.29 is 19.4 Å². The first-order valence-electron chi connectivity index (χ1n) is 6.90. The highest BCUT2D eigenvalue weighted by molar-refractivity contribution is 5.88. The standard InChI is InChI=1S/C16H21NO4/c1-15(2,3)21-14(20)17-9-11-7-6-10(13(18)19)8-12(11)16(17,4)5/h6-8H,9H2,1-5H3,(H,18,19). The van der Waals surface area contributed by atoms with E-state index in [0.717, 1.165) is 11.1 Å². The predicted octanol–water partition coefficient (Wildman–Crippen LogP) is 3.37. The van der Waals surface area contributed by atoms with Crippen molar-refractivity contribution >= 4 is 12.1 Å². The first kappa shape index (κ1) is 15.4. The molecule has 5 nitrogen and oxygen atoms in total. The SMILES string of the molecule is CC(C)(C)OC(=O)N1Cc2ccc(C(=O)O)cc2C1(C)C. The zero-order valence-electron chi connectivity index (χ0n) is 13.1. The molecule has 2 rings (SSSR count). The van der Waals surface area contributed by atoms with Crippen LogP contribution >= 0.6 is 0 Å². The molecule has 1 heterocycles. The van der Waals surface area contributed by atoms with Gasteiger partial charge in [-0.15, -0.1) is 0 Å². The molecular formula is C16H21NO4. The normalized spacial score (nSPS) is 16.5. The van der Waals surface area contributed by atoms with Crippen LogP contribution < -0.4 is 0 Å². The fraction of sp³-hybridized carbons (Fsp3) is 0.500. The molecule has 0 bridgehead atoms. The molecule has 0 aliphatic carbocycles. The highest BCUT2D eigenvalue weighted by atomic mass is 16.6. The Balaban J connectivity index is 2.35. The molecular weight excluding hydrogens is 270 g/mol. The number of carboxylic acids is 1. The summed E-state index contributed by atoms with van der Waals surface area (Å²) in [5.41, 5.74) is 0.883. The number of carbonyl (C=O) groups is 2. The Morgan fingerprint density at radius 3 is 2.43 bits per heavy atom. The maximum absolute atomic E-state index is 12.4. The summed E-state index contributed by atoms with van der Waals surface area (Å²) in [5.74, 6) is -0.968. The number of aromatic carboxylic acids is 1. The van der Waals surface area contributed by atoms with Crippen molar-refractivity contribution in [3.05, 3.63) is 34.9 Å². The van der Waals surface area contributed by atoms with Gasteiger partial charge in [0.15, 0.2) is 0 Å². The van der Waals surface area contributed by atoms with Crippen LogP contribution in [0, 0.1) is 0 Å². The minimum atomic E-state index is -0.968. The summed E-state index contributed by atoms with van der Waals surface area (Å²) in [6, 6.07) is 4.97. The lowest BCUT2D eigenvalue weighted by Crippen LogP contribution is -2.43. The summed E-state index contributed by atoms with van der Waals surface area (Å²) < 4.78 is 5.44. The molecule has 1 N–H and O–H groups in total. The summed E-state index contributed by atoms with van der Waals surface area (Å²) in [4.78, 5) is 25.1. The van der Waals surface area contributed by atoms with Crippen molar-refractivity contribution in [3.8, 4) is 0 Å². The minimum Gasteiger partial charge on any atom is -0.478 e. The van der Waals surface area contributed by atoms with E-state index in [2.05, 4.69) is 0 Å². The molecule has 21 heavy (non-hydrogen) atoms. The molecule has 1 aliphatic heterocycles. The fourth-order valence-electron chi connectivity index (χ4n) is 2.54. The quantitative estimate of drug-likeness (QED) is 0.861. The van der Waals surface area contributed by atoms with Gasteiger partial charge >= 0.3 is 12.1 Å². The summed E-state index contributed by atoms with van der Waals surface area (Å²) >= 11 is 0. The van der Waals surface area contributed by atoms with E-state index in [1.807, 2.05) is 34.6 Å². The van der Waals surface area contributed by atoms with Gasteiger partial charge in [-0.1, -0.05) is 6.07 Å². The minimum absolute atomic E-state index is 0.230. The van der Waals surface area contributed by atoms with Crippen molar-refractivity contribution in [3.63, 3.8) is 0 Å². The lowest BCUT2D eigenvalue weighted by molar-refractivity contribution is 0.00519. The molecule has 5 heteroatoms. The number of benzene rings is 1. The average molecular weight is 291 g/mol. The van der Waals surface area contributed by atoms with E-state index in [9.17, 15) is 9.59 Å². The van der Waals surface area contributed by atoms with Crippen molar-refractivity contribution in [1.29, 1.82) is 0 Å². The van der Waals surface area contributed by atoms with E-state index in [1.54, 1.807) is 23.1 Å². The van der Waals surface area contributed by atoms with Crippen LogP contribution in [-0.2, 0) is 16.8 Å². The summed E-state index contributed by atoms with van der Waals surface area (Å²) in [5, 5.41) is 9.11. The number of rotatable bonds is 1. The Morgan fingerprint density at radius 1 is 1.29 bits per heavy atom. The van der Waals surface area contributed by atoms with Gasteiger partial charge in [0.2, 0.25) is 0 Å². The van der Waals surface area contributed by atoms with Crippen LogP contribution in [-0.4, -0.2) is 27.7 Å². The van der Waals surface area contributed by atoms with Gasteiger partial charge in [-0.2, -0.15) is 0 Å². The van der Waals surface area contributed by atoms with E-state index in [-0.39, 0.29) is 11.7 Å². The highest BCUT2D eigenvalue weighted by Crippen LogP contribution is 2.40. The molecule has 0 spiro atoms. The number of amides is 1. The second-order valence-electron chi connectivity index (χ2n) is 6.80. The van der Waals surface area contributed by atoms with Gasteiger partial charge in [0, 0.05) is 0 Å². The number of nitrogens with zero attached hydrogens (tertiary/aromatic N) is 1. The van der Waals surface area contributed by atoms with Crippen LogP contribution in [0.25, 0.3) is 0 Å². The van der Waals surface area contributed by atoms with Crippen LogP contribution in [0.15, 0.2) is 18.2 Å². The van der Waals surface area contributed by atoms with Crippen molar-refractivity contribution in [2.24, 2.45) is 0 Å². The molecule has 0 fully saturated rings. The second-order valence-corrected chi connectivity index (χ2v) is 6.80. The maximum Gasteiger partial charge on any atom is 0.411 e. The number of hydrogen-bond donors (Lipinski definition) is 1. The molecule has 0 atom stereocenters. The van der Waals surface area contributed by atoms with Crippen molar-refractivity contribution in [2.75, 3.05) is 0 Å². The molecule has 1 amide bonds.